The highest BCUT2D eigenvalue weighted by atomic mass is 35.5. The van der Waals surface area contributed by atoms with Crippen molar-refractivity contribution in [1.82, 2.24) is 9.55 Å². The lowest BCUT2D eigenvalue weighted by Gasteiger charge is -2.10. The van der Waals surface area contributed by atoms with Crippen LogP contribution in [0.15, 0.2) is 94.5 Å². The molecule has 4 aromatic carbocycles. The fourth-order valence-corrected chi connectivity index (χ4v) is 3.88. The molecule has 5 aromatic rings. The average Bonchev–Trinajstić information content (AvgIpc) is 2.73. The fraction of sp³-hybridized carbons (Fsp3) is 0. The second-order valence-corrected chi connectivity index (χ2v) is 7.28. The Morgan fingerprint density at radius 1 is 0.724 bits per heavy atom. The Hall–Kier alpha value is -3.63. The van der Waals surface area contributed by atoms with E-state index < -0.39 is 5.69 Å². The van der Waals surface area contributed by atoms with Crippen molar-refractivity contribution in [2.24, 2.45) is 0 Å². The molecule has 140 valence electrons. The Labute approximate surface area is 170 Å². The van der Waals surface area contributed by atoms with Crippen molar-refractivity contribution in [1.29, 1.82) is 0 Å². The average molecular weight is 399 g/mol. The van der Waals surface area contributed by atoms with Crippen LogP contribution in [0.1, 0.15) is 0 Å². The Balaban J connectivity index is 1.76. The van der Waals surface area contributed by atoms with Gasteiger partial charge in [0.2, 0.25) is 0 Å². The molecule has 1 N–H and O–H groups in total. The Morgan fingerprint density at radius 2 is 1.48 bits per heavy atom. The fourth-order valence-electron chi connectivity index (χ4n) is 3.69. The van der Waals surface area contributed by atoms with Gasteiger partial charge in [-0.15, -0.1) is 0 Å². The molecule has 0 aliphatic heterocycles. The van der Waals surface area contributed by atoms with Gasteiger partial charge in [-0.25, -0.2) is 9.36 Å². The summed E-state index contributed by atoms with van der Waals surface area (Å²) in [6.07, 6.45) is 0. The van der Waals surface area contributed by atoms with Crippen molar-refractivity contribution < 1.29 is 0 Å². The molecule has 5 rings (SSSR count). The highest BCUT2D eigenvalue weighted by Crippen LogP contribution is 2.25. The molecule has 0 bridgehead atoms. The van der Waals surface area contributed by atoms with Gasteiger partial charge in [0, 0.05) is 10.4 Å². The van der Waals surface area contributed by atoms with Crippen LogP contribution < -0.4 is 11.2 Å². The van der Waals surface area contributed by atoms with Crippen LogP contribution in [-0.2, 0) is 0 Å². The maximum atomic E-state index is 13.2. The van der Waals surface area contributed by atoms with Gasteiger partial charge >= 0.3 is 5.69 Å². The predicted octanol–water partition coefficient (Wildman–Crippen LogP) is 5.15. The van der Waals surface area contributed by atoms with Crippen molar-refractivity contribution in [2.75, 3.05) is 0 Å². The minimum atomic E-state index is -0.470. The molecule has 0 unspecified atom stereocenters. The Kier molecular flexibility index (Phi) is 4.07. The number of H-pyrrole nitrogens is 1. The molecule has 0 fully saturated rings. The maximum Gasteiger partial charge on any atom is 0.333 e. The number of nitrogens with one attached hydrogen (secondary N) is 1. The molecule has 0 aliphatic carbocycles. The van der Waals surface area contributed by atoms with Gasteiger partial charge in [-0.2, -0.15) is 0 Å². The lowest BCUT2D eigenvalue weighted by atomic mass is 10.0. The van der Waals surface area contributed by atoms with E-state index in [1.54, 1.807) is 24.3 Å². The number of aromatic amines is 1. The minimum Gasteiger partial charge on any atom is -0.306 e. The van der Waals surface area contributed by atoms with Crippen LogP contribution >= 0.6 is 11.6 Å². The summed E-state index contributed by atoms with van der Waals surface area (Å²) in [5, 5.41) is 2.89. The van der Waals surface area contributed by atoms with Crippen LogP contribution in [0, 0.1) is 0 Å². The normalized spacial score (nSPS) is 11.2. The summed E-state index contributed by atoms with van der Waals surface area (Å²) in [6.45, 7) is 0. The van der Waals surface area contributed by atoms with Crippen LogP contribution in [0.3, 0.4) is 0 Å². The third kappa shape index (κ3) is 2.94. The molecule has 0 aliphatic rings. The van der Waals surface area contributed by atoms with E-state index in [2.05, 4.69) is 4.98 Å². The first-order valence-corrected chi connectivity index (χ1v) is 9.53. The zero-order valence-corrected chi connectivity index (χ0v) is 16.0. The molecule has 0 radical (unpaired) electrons. The van der Waals surface area contributed by atoms with E-state index in [1.165, 1.54) is 4.57 Å². The van der Waals surface area contributed by atoms with E-state index in [9.17, 15) is 9.59 Å². The topological polar surface area (TPSA) is 54.9 Å². The Bertz CT molecular complexity index is 1510. The number of halogens is 1. The number of aromatic nitrogens is 2. The molecular formula is C24H15ClN2O2. The van der Waals surface area contributed by atoms with E-state index in [0.717, 1.165) is 21.9 Å². The first-order chi connectivity index (χ1) is 14.1. The predicted molar refractivity (Wildman–Crippen MR) is 118 cm³/mol. The number of rotatable bonds is 2. The third-order valence-corrected chi connectivity index (χ3v) is 5.30. The van der Waals surface area contributed by atoms with Crippen LogP contribution in [0.5, 0.6) is 0 Å². The number of benzene rings is 4. The molecule has 0 saturated heterocycles. The Morgan fingerprint density at radius 3 is 2.34 bits per heavy atom. The zero-order chi connectivity index (χ0) is 20.0. The standard InChI is InChI=1S/C24H15ClN2O2/c25-18-8-3-7-16(13-18)17-11-12-20-21(14-17)26-24(29)27(23(20)28)22-10-4-6-15-5-1-2-9-19(15)22/h1-14H,(H,26,29). The highest BCUT2D eigenvalue weighted by Gasteiger charge is 2.13. The summed E-state index contributed by atoms with van der Waals surface area (Å²) < 4.78 is 1.20. The minimum absolute atomic E-state index is 0.349. The van der Waals surface area contributed by atoms with Gasteiger partial charge < -0.3 is 4.98 Å². The summed E-state index contributed by atoms with van der Waals surface area (Å²) in [6, 6.07) is 26.1. The molecular weight excluding hydrogens is 384 g/mol. The summed E-state index contributed by atoms with van der Waals surface area (Å²) in [4.78, 5) is 29.0. The van der Waals surface area contributed by atoms with Gasteiger partial charge in [-0.3, -0.25) is 4.79 Å². The van der Waals surface area contributed by atoms with Crippen molar-refractivity contribution in [2.45, 2.75) is 0 Å². The summed E-state index contributed by atoms with van der Waals surface area (Å²) >= 11 is 6.09. The molecule has 1 heterocycles. The molecule has 5 heteroatoms. The quantitative estimate of drug-likeness (QED) is 0.447. The van der Waals surface area contributed by atoms with E-state index >= 15 is 0 Å². The molecule has 0 amide bonds. The lowest BCUT2D eigenvalue weighted by Crippen LogP contribution is -2.33. The smallest absolute Gasteiger partial charge is 0.306 e. The van der Waals surface area contributed by atoms with Crippen LogP contribution in [0.25, 0.3) is 38.5 Å². The van der Waals surface area contributed by atoms with Crippen LogP contribution in [0.2, 0.25) is 5.02 Å². The first-order valence-electron chi connectivity index (χ1n) is 9.15. The molecule has 0 atom stereocenters. The maximum absolute atomic E-state index is 13.2. The number of nitrogens with zero attached hydrogens (tertiary/aromatic N) is 1. The first kappa shape index (κ1) is 17.5. The molecule has 29 heavy (non-hydrogen) atoms. The second kappa shape index (κ2) is 6.76. The van der Waals surface area contributed by atoms with Gasteiger partial charge in [-0.1, -0.05) is 66.2 Å². The number of hydrogen-bond acceptors (Lipinski definition) is 2. The van der Waals surface area contributed by atoms with Gasteiger partial charge in [0.25, 0.3) is 5.56 Å². The third-order valence-electron chi connectivity index (χ3n) is 5.06. The number of hydrogen-bond donors (Lipinski definition) is 1. The van der Waals surface area contributed by atoms with Gasteiger partial charge in [0.15, 0.2) is 0 Å². The van der Waals surface area contributed by atoms with Gasteiger partial charge in [-0.05, 0) is 46.8 Å². The molecule has 4 nitrogen and oxygen atoms in total. The summed E-state index contributed by atoms with van der Waals surface area (Å²) in [5.74, 6) is 0. The van der Waals surface area contributed by atoms with Gasteiger partial charge in [0.05, 0.1) is 16.6 Å². The van der Waals surface area contributed by atoms with E-state index in [1.807, 2.05) is 60.7 Å². The van der Waals surface area contributed by atoms with Crippen LogP contribution in [-0.4, -0.2) is 9.55 Å². The zero-order valence-electron chi connectivity index (χ0n) is 15.2. The largest absolute Gasteiger partial charge is 0.333 e. The summed E-state index contributed by atoms with van der Waals surface area (Å²) in [7, 11) is 0. The van der Waals surface area contributed by atoms with E-state index in [0.29, 0.717) is 21.6 Å². The number of fused-ring (bicyclic) bond motifs is 2. The van der Waals surface area contributed by atoms with Gasteiger partial charge in [0.1, 0.15) is 0 Å². The molecule has 0 saturated carbocycles. The lowest BCUT2D eigenvalue weighted by molar-refractivity contribution is 0.908. The van der Waals surface area contributed by atoms with Crippen molar-refractivity contribution >= 4 is 33.3 Å². The van der Waals surface area contributed by atoms with E-state index in [-0.39, 0.29) is 5.56 Å². The van der Waals surface area contributed by atoms with Crippen LogP contribution in [0.4, 0.5) is 0 Å². The van der Waals surface area contributed by atoms with Crippen molar-refractivity contribution in [3.63, 3.8) is 0 Å². The SMILES string of the molecule is O=c1[nH]c2cc(-c3cccc(Cl)c3)ccc2c(=O)n1-c1cccc2ccccc12. The summed E-state index contributed by atoms with van der Waals surface area (Å²) in [5.41, 5.74) is 2.03. The molecule has 1 aromatic heterocycles. The highest BCUT2D eigenvalue weighted by molar-refractivity contribution is 6.30. The molecule has 0 spiro atoms. The monoisotopic (exact) mass is 398 g/mol. The second-order valence-electron chi connectivity index (χ2n) is 6.84. The van der Waals surface area contributed by atoms with E-state index in [4.69, 9.17) is 11.6 Å². The van der Waals surface area contributed by atoms with Crippen molar-refractivity contribution in [3.05, 3.63) is 111 Å². The van der Waals surface area contributed by atoms with Crippen molar-refractivity contribution in [3.8, 4) is 16.8 Å².